The topological polar surface area (TPSA) is 57.5 Å². The molecule has 0 saturated carbocycles. The van der Waals surface area contributed by atoms with Gasteiger partial charge < -0.3 is 14.7 Å². The summed E-state index contributed by atoms with van der Waals surface area (Å²) in [6.45, 7) is -2.91. The highest BCUT2D eigenvalue weighted by Crippen LogP contribution is 1.98. The number of aliphatic hydroxyl groups is 1. The highest BCUT2D eigenvalue weighted by Gasteiger charge is 2.17. The molecule has 0 saturated heterocycles. The first kappa shape index (κ1) is 3.87. The van der Waals surface area contributed by atoms with Crippen molar-refractivity contribution in [3.05, 3.63) is 0 Å². The lowest BCUT2D eigenvalue weighted by Gasteiger charge is -2.25. The Bertz CT molecular complexity index is 290. The lowest BCUT2D eigenvalue weighted by Crippen LogP contribution is -2.42. The largest absolute Gasteiger partial charge is 0.481 e. The molecule has 0 aromatic carbocycles. The summed E-state index contributed by atoms with van der Waals surface area (Å²) in [6.07, 6.45) is -4.49. The van der Waals surface area contributed by atoms with Gasteiger partial charge in [-0.05, 0) is 0 Å². The lowest BCUT2D eigenvalue weighted by atomic mass is 10.2. The number of aliphatic hydroxyl groups excluding tert-OH is 1. The van der Waals surface area contributed by atoms with Gasteiger partial charge in [0.05, 0.1) is 31.6 Å². The van der Waals surface area contributed by atoms with Crippen molar-refractivity contribution >= 4 is 5.97 Å². The summed E-state index contributed by atoms with van der Waals surface area (Å²) in [5.74, 6) is -1.79. The van der Waals surface area contributed by atoms with Crippen LogP contribution in [0, 0.1) is 0 Å². The average Bonchev–Trinajstić information content (AvgIpc) is 2.11. The molecule has 11 heavy (non-hydrogen) atoms. The molecule has 0 amide bonds. The van der Waals surface area contributed by atoms with Crippen LogP contribution in [-0.2, 0) is 4.79 Å². The number of carboxylic acids is 1. The first-order chi connectivity index (χ1) is 7.36. The zero-order chi connectivity index (χ0) is 14.1. The van der Waals surface area contributed by atoms with Gasteiger partial charge in [0, 0.05) is 2.74 Å². The van der Waals surface area contributed by atoms with Gasteiger partial charge >= 0.3 is 5.97 Å². The highest BCUT2D eigenvalue weighted by atomic mass is 16.4. The molecule has 0 spiro atoms. The molecule has 0 aliphatic carbocycles. The van der Waals surface area contributed by atoms with Crippen molar-refractivity contribution in [1.82, 2.24) is 0 Å². The Kier molecular flexibility index (Phi) is 1.30. The van der Waals surface area contributed by atoms with Crippen LogP contribution >= 0.6 is 0 Å². The van der Waals surface area contributed by atoms with Gasteiger partial charge in [-0.3, -0.25) is 4.79 Å². The van der Waals surface area contributed by atoms with Crippen LogP contribution < -0.4 is 0 Å². The van der Waals surface area contributed by atoms with Gasteiger partial charge in [0.1, 0.15) is 12.6 Å². The molecule has 0 rings (SSSR count). The van der Waals surface area contributed by atoms with Gasteiger partial charge in [-0.1, -0.05) is 0 Å². The Labute approximate surface area is 75.2 Å². The van der Waals surface area contributed by atoms with Crippen molar-refractivity contribution in [2.45, 2.75) is 12.5 Å². The van der Waals surface area contributed by atoms with E-state index < -0.39 is 36.4 Å². The Balaban J connectivity index is 5.03. The number of likely N-dealkylation sites (N-methyl/N-ethyl adjacent to an activating group) is 1. The van der Waals surface area contributed by atoms with Crippen molar-refractivity contribution in [2.75, 3.05) is 27.6 Å². The van der Waals surface area contributed by atoms with Crippen molar-refractivity contribution < 1.29 is 26.3 Å². The minimum Gasteiger partial charge on any atom is -0.481 e. The quantitative estimate of drug-likeness (QED) is 0.546. The van der Waals surface area contributed by atoms with E-state index in [1.165, 1.54) is 14.1 Å². The maximum Gasteiger partial charge on any atom is 0.306 e. The molecule has 0 aliphatic rings. The lowest BCUT2D eigenvalue weighted by molar-refractivity contribution is -0.873. The Morgan fingerprint density at radius 1 is 1.91 bits per heavy atom. The molecule has 1 atom stereocenters. The van der Waals surface area contributed by atoms with Crippen LogP contribution in [0.15, 0.2) is 0 Å². The van der Waals surface area contributed by atoms with Crippen molar-refractivity contribution in [3.63, 3.8) is 0 Å². The molecule has 4 heteroatoms. The molecule has 66 valence electrons. The zero-order valence-electron chi connectivity index (χ0n) is 12.5. The maximum atomic E-state index is 10.7. The van der Waals surface area contributed by atoms with Crippen LogP contribution in [0.1, 0.15) is 13.2 Å². The van der Waals surface area contributed by atoms with Crippen molar-refractivity contribution in [1.29, 1.82) is 1.43 Å². The van der Waals surface area contributed by atoms with Gasteiger partial charge in [0.15, 0.2) is 0 Å². The standard InChI is InChI=1S/C7H15NO3/c1-8(2,3)5-6(9)4-7(10)11/h6,9H,4-5H2,1-3H3/p+1/t6-/m1/s1/i1D3,4D2,9D. The number of rotatable bonds is 5. The van der Waals surface area contributed by atoms with E-state index >= 15 is 0 Å². The van der Waals surface area contributed by atoms with E-state index in [1.807, 2.05) is 0 Å². The van der Waals surface area contributed by atoms with Gasteiger partial charge in [-0.25, -0.2) is 0 Å². The zero-order valence-corrected chi connectivity index (χ0v) is 6.50. The minimum atomic E-state index is -2.82. The van der Waals surface area contributed by atoms with Crippen LogP contribution in [0.5, 0.6) is 0 Å². The molecule has 4 nitrogen and oxygen atoms in total. The highest BCUT2D eigenvalue weighted by molar-refractivity contribution is 5.67. The molecule has 0 aliphatic heterocycles. The van der Waals surface area contributed by atoms with E-state index in [-0.39, 0.29) is 0 Å². The first-order valence-electron chi connectivity index (χ1n) is 5.95. The van der Waals surface area contributed by atoms with E-state index in [2.05, 4.69) is 5.11 Å². The predicted molar refractivity (Wildman–Crippen MR) is 41.2 cm³/mol. The summed E-state index contributed by atoms with van der Waals surface area (Å²) in [7, 11) is 2.58. The maximum absolute atomic E-state index is 10.7. The Morgan fingerprint density at radius 2 is 2.55 bits per heavy atom. The Hall–Kier alpha value is -0.610. The van der Waals surface area contributed by atoms with Gasteiger partial charge in [-0.15, -0.1) is 0 Å². The van der Waals surface area contributed by atoms with E-state index in [0.29, 0.717) is 0 Å². The van der Waals surface area contributed by atoms with Crippen LogP contribution in [0.25, 0.3) is 0 Å². The molecule has 0 fully saturated rings. The van der Waals surface area contributed by atoms with E-state index in [1.54, 1.807) is 0 Å². The van der Waals surface area contributed by atoms with E-state index in [4.69, 9.17) is 13.4 Å². The van der Waals surface area contributed by atoms with Gasteiger partial charge in [0.2, 0.25) is 1.43 Å². The third-order valence-corrected chi connectivity index (χ3v) is 0.907. The van der Waals surface area contributed by atoms with Gasteiger partial charge in [0.25, 0.3) is 0 Å². The summed E-state index contributed by atoms with van der Waals surface area (Å²) in [5, 5.41) is 12.7. The SMILES string of the molecule is [2H]O[C@@H](C[N+](C)(C)C([2H])([2H])[2H])C([2H])([2H])C(=O)O. The monoisotopic (exact) mass is 168 g/mol. The fourth-order valence-electron chi connectivity index (χ4n) is 0.598. The molecule has 2 N–H and O–H groups in total. The number of hydrogen-bond donors (Lipinski definition) is 2. The smallest absolute Gasteiger partial charge is 0.306 e. The van der Waals surface area contributed by atoms with Crippen LogP contribution in [0.2, 0.25) is 0 Å². The normalized spacial score (nSPS) is 24.9. The summed E-state index contributed by atoms with van der Waals surface area (Å²) in [6, 6.07) is 0. The van der Waals surface area contributed by atoms with Crippen LogP contribution in [0.4, 0.5) is 0 Å². The Morgan fingerprint density at radius 3 is 2.91 bits per heavy atom. The molecule has 0 bridgehead atoms. The second-order valence-corrected chi connectivity index (χ2v) is 2.81. The molecular weight excluding hydrogens is 146 g/mol. The molecule has 0 aromatic rings. The molecule has 0 unspecified atom stereocenters. The predicted octanol–water partition coefficient (Wildman–Crippen LogP) is -0.472. The van der Waals surface area contributed by atoms with Gasteiger partial charge in [-0.2, -0.15) is 0 Å². The molecule has 0 aromatic heterocycles. The summed E-state index contributed by atoms with van der Waals surface area (Å²) in [4.78, 5) is 10.7. The average molecular weight is 168 g/mol. The fraction of sp³-hybridized carbons (Fsp3) is 0.857. The van der Waals surface area contributed by atoms with Crippen molar-refractivity contribution in [3.8, 4) is 0 Å². The summed E-state index contributed by atoms with van der Waals surface area (Å²) < 4.78 is 42.3. The number of quaternary nitrogens is 1. The van der Waals surface area contributed by atoms with E-state index in [0.717, 1.165) is 0 Å². The summed E-state index contributed by atoms with van der Waals surface area (Å²) in [5.41, 5.74) is 0. The molecule has 0 radical (unpaired) electrons. The van der Waals surface area contributed by atoms with E-state index in [9.17, 15) is 4.79 Å². The fourth-order valence-corrected chi connectivity index (χ4v) is 0.598. The third-order valence-electron chi connectivity index (χ3n) is 0.907. The first-order valence-corrected chi connectivity index (χ1v) is 3.04. The number of aliphatic carboxylic acids is 1. The number of carbonyl (C=O) groups is 1. The summed E-state index contributed by atoms with van der Waals surface area (Å²) >= 11 is 0. The second kappa shape index (κ2) is 3.69. The molecule has 0 heterocycles. The van der Waals surface area contributed by atoms with Crippen molar-refractivity contribution in [2.24, 2.45) is 0 Å². The molecular formula is C7H16NO3+. The van der Waals surface area contributed by atoms with Crippen LogP contribution in [-0.4, -0.2) is 55.8 Å². The van der Waals surface area contributed by atoms with Crippen LogP contribution in [0.3, 0.4) is 0 Å². The second-order valence-electron chi connectivity index (χ2n) is 2.81. The third kappa shape index (κ3) is 7.29. The number of hydrogen-bond acceptors (Lipinski definition) is 2. The number of nitrogens with zero attached hydrogens (tertiary/aromatic N) is 1. The minimum absolute atomic E-state index is 0.459. The number of carboxylic acid groups (broad SMARTS) is 1.